The standard InChI is InChI=1S/C23H27N3O4S/c1-4-30-14-9-10-17-19(12-14)31-23(24-17)25-20(27)18(11-13(2)3)26-21(28)15-7-5-6-8-16(15)22(26)29/h5-6,9-10,12-13,15-16,18H,4,7-8,11H2,1-3H3,(H,24,25,27). The number of allylic oxidation sites excluding steroid dienone is 2. The number of hydrogen-bond acceptors (Lipinski definition) is 6. The van der Waals surface area contributed by atoms with E-state index in [1.165, 1.54) is 16.2 Å². The topological polar surface area (TPSA) is 88.6 Å². The van der Waals surface area contributed by atoms with Crippen LogP contribution in [0.4, 0.5) is 5.13 Å². The highest BCUT2D eigenvalue weighted by Gasteiger charge is 2.51. The molecule has 1 N–H and O–H groups in total. The molecule has 2 aromatic rings. The average Bonchev–Trinajstić information content (AvgIpc) is 3.24. The molecule has 31 heavy (non-hydrogen) atoms. The number of anilines is 1. The fourth-order valence-corrected chi connectivity index (χ4v) is 5.21. The second-order valence-corrected chi connectivity index (χ2v) is 9.45. The number of carbonyl (C=O) groups is 3. The first-order chi connectivity index (χ1) is 14.9. The molecular formula is C23H27N3O4S. The van der Waals surface area contributed by atoms with E-state index in [-0.39, 0.29) is 35.5 Å². The van der Waals surface area contributed by atoms with Crippen molar-refractivity contribution in [2.75, 3.05) is 11.9 Å². The van der Waals surface area contributed by atoms with Crippen LogP contribution in [0.2, 0.25) is 0 Å². The molecule has 3 atom stereocenters. The zero-order valence-electron chi connectivity index (χ0n) is 18.0. The van der Waals surface area contributed by atoms with Gasteiger partial charge in [0.2, 0.25) is 17.7 Å². The van der Waals surface area contributed by atoms with Gasteiger partial charge in [-0.25, -0.2) is 4.98 Å². The summed E-state index contributed by atoms with van der Waals surface area (Å²) in [4.78, 5) is 45.0. The largest absolute Gasteiger partial charge is 0.494 e. The number of rotatable bonds is 7. The normalized spacial score (nSPS) is 21.6. The second kappa shape index (κ2) is 8.78. The maximum absolute atomic E-state index is 13.2. The van der Waals surface area contributed by atoms with Crippen LogP contribution in [-0.2, 0) is 14.4 Å². The molecule has 0 radical (unpaired) electrons. The monoisotopic (exact) mass is 441 g/mol. The predicted octanol–water partition coefficient (Wildman–Crippen LogP) is 4.00. The van der Waals surface area contributed by atoms with Crippen molar-refractivity contribution in [3.8, 4) is 5.75 Å². The maximum Gasteiger partial charge on any atom is 0.249 e. The van der Waals surface area contributed by atoms with Gasteiger partial charge in [-0.3, -0.25) is 19.3 Å². The molecule has 1 aliphatic carbocycles. The van der Waals surface area contributed by atoms with Crippen molar-refractivity contribution in [2.24, 2.45) is 17.8 Å². The minimum atomic E-state index is -0.836. The van der Waals surface area contributed by atoms with E-state index in [2.05, 4.69) is 10.3 Å². The van der Waals surface area contributed by atoms with E-state index < -0.39 is 6.04 Å². The van der Waals surface area contributed by atoms with Gasteiger partial charge in [0.15, 0.2) is 5.13 Å². The van der Waals surface area contributed by atoms with E-state index in [1.54, 1.807) is 0 Å². The number of nitrogens with one attached hydrogen (secondary N) is 1. The van der Waals surface area contributed by atoms with Crippen LogP contribution in [0.3, 0.4) is 0 Å². The van der Waals surface area contributed by atoms with Crippen LogP contribution in [0.5, 0.6) is 5.75 Å². The molecule has 2 aliphatic rings. The number of imide groups is 1. The van der Waals surface area contributed by atoms with E-state index in [1.807, 2.05) is 51.1 Å². The predicted molar refractivity (Wildman–Crippen MR) is 120 cm³/mol. The molecule has 1 aromatic heterocycles. The smallest absolute Gasteiger partial charge is 0.249 e. The van der Waals surface area contributed by atoms with Gasteiger partial charge in [-0.1, -0.05) is 37.3 Å². The van der Waals surface area contributed by atoms with Crippen molar-refractivity contribution >= 4 is 44.4 Å². The summed E-state index contributed by atoms with van der Waals surface area (Å²) in [5.41, 5.74) is 0.759. The zero-order valence-corrected chi connectivity index (χ0v) is 18.8. The molecule has 0 bridgehead atoms. The average molecular weight is 442 g/mol. The van der Waals surface area contributed by atoms with Gasteiger partial charge < -0.3 is 10.1 Å². The Bertz CT molecular complexity index is 1020. The summed E-state index contributed by atoms with van der Waals surface area (Å²) in [5, 5.41) is 3.30. The van der Waals surface area contributed by atoms with Crippen LogP contribution in [0.25, 0.3) is 10.2 Å². The Hall–Kier alpha value is -2.74. The number of ether oxygens (including phenoxy) is 1. The molecule has 1 aromatic carbocycles. The van der Waals surface area contributed by atoms with Gasteiger partial charge in [0.05, 0.1) is 28.7 Å². The van der Waals surface area contributed by atoms with Gasteiger partial charge in [0, 0.05) is 0 Å². The highest BCUT2D eigenvalue weighted by atomic mass is 32.1. The van der Waals surface area contributed by atoms with Crippen LogP contribution >= 0.6 is 11.3 Å². The first-order valence-corrected chi connectivity index (χ1v) is 11.6. The molecule has 3 amide bonds. The summed E-state index contributed by atoms with van der Waals surface area (Å²) < 4.78 is 6.42. The minimum Gasteiger partial charge on any atom is -0.494 e. The van der Waals surface area contributed by atoms with E-state index in [9.17, 15) is 14.4 Å². The quantitative estimate of drug-likeness (QED) is 0.518. The van der Waals surface area contributed by atoms with Crippen LogP contribution in [-0.4, -0.2) is 40.3 Å². The number of nitrogens with zero attached hydrogens (tertiary/aromatic N) is 2. The first kappa shape index (κ1) is 21.5. The Kier molecular flexibility index (Phi) is 6.09. The molecule has 1 fully saturated rings. The summed E-state index contributed by atoms with van der Waals surface area (Å²) in [7, 11) is 0. The Morgan fingerprint density at radius 2 is 1.90 bits per heavy atom. The van der Waals surface area contributed by atoms with Crippen molar-refractivity contribution in [1.82, 2.24) is 9.88 Å². The summed E-state index contributed by atoms with van der Waals surface area (Å²) in [5.74, 6) is -0.638. The van der Waals surface area contributed by atoms with E-state index in [0.29, 0.717) is 31.0 Å². The van der Waals surface area contributed by atoms with Gasteiger partial charge >= 0.3 is 0 Å². The second-order valence-electron chi connectivity index (χ2n) is 8.42. The Morgan fingerprint density at radius 1 is 1.23 bits per heavy atom. The van der Waals surface area contributed by atoms with Crippen LogP contribution in [0, 0.1) is 17.8 Å². The van der Waals surface area contributed by atoms with Gasteiger partial charge in [-0.05, 0) is 50.3 Å². The molecule has 1 aliphatic heterocycles. The third kappa shape index (κ3) is 4.21. The number of carbonyl (C=O) groups excluding carboxylic acids is 3. The number of amides is 3. The summed E-state index contributed by atoms with van der Waals surface area (Å²) in [6, 6.07) is 4.75. The van der Waals surface area contributed by atoms with Gasteiger partial charge in [0.1, 0.15) is 11.8 Å². The van der Waals surface area contributed by atoms with Gasteiger partial charge in [-0.15, -0.1) is 0 Å². The lowest BCUT2D eigenvalue weighted by Crippen LogP contribution is -2.48. The lowest BCUT2D eigenvalue weighted by Gasteiger charge is -2.26. The van der Waals surface area contributed by atoms with E-state index in [0.717, 1.165) is 16.0 Å². The van der Waals surface area contributed by atoms with Crippen molar-refractivity contribution < 1.29 is 19.1 Å². The fourth-order valence-electron chi connectivity index (χ4n) is 4.31. The molecule has 4 rings (SSSR count). The molecule has 164 valence electrons. The number of fused-ring (bicyclic) bond motifs is 2. The zero-order chi connectivity index (χ0) is 22.1. The Balaban J connectivity index is 1.57. The van der Waals surface area contributed by atoms with Crippen LogP contribution < -0.4 is 10.1 Å². The summed E-state index contributed by atoms with van der Waals surface area (Å²) in [6.45, 7) is 6.45. The highest BCUT2D eigenvalue weighted by Crippen LogP contribution is 2.37. The molecule has 1 saturated heterocycles. The fraction of sp³-hybridized carbons (Fsp3) is 0.478. The number of aromatic nitrogens is 1. The van der Waals surface area contributed by atoms with E-state index in [4.69, 9.17) is 4.74 Å². The van der Waals surface area contributed by atoms with Crippen LogP contribution in [0.1, 0.15) is 40.0 Å². The Labute approximate surface area is 185 Å². The molecule has 2 heterocycles. The van der Waals surface area contributed by atoms with Crippen molar-refractivity contribution in [3.63, 3.8) is 0 Å². The van der Waals surface area contributed by atoms with Gasteiger partial charge in [0.25, 0.3) is 0 Å². The summed E-state index contributed by atoms with van der Waals surface area (Å²) >= 11 is 1.34. The van der Waals surface area contributed by atoms with Crippen molar-refractivity contribution in [3.05, 3.63) is 30.4 Å². The Morgan fingerprint density at radius 3 is 2.52 bits per heavy atom. The van der Waals surface area contributed by atoms with Crippen LogP contribution in [0.15, 0.2) is 30.4 Å². The number of likely N-dealkylation sites (tertiary alicyclic amines) is 1. The summed E-state index contributed by atoms with van der Waals surface area (Å²) in [6.07, 6.45) is 5.43. The molecule has 0 saturated carbocycles. The van der Waals surface area contributed by atoms with E-state index >= 15 is 0 Å². The molecule has 7 nitrogen and oxygen atoms in total. The highest BCUT2D eigenvalue weighted by molar-refractivity contribution is 7.22. The van der Waals surface area contributed by atoms with Gasteiger partial charge in [-0.2, -0.15) is 0 Å². The first-order valence-electron chi connectivity index (χ1n) is 10.7. The lowest BCUT2D eigenvalue weighted by atomic mass is 9.85. The molecule has 0 spiro atoms. The lowest BCUT2D eigenvalue weighted by molar-refractivity contribution is -0.147. The minimum absolute atomic E-state index is 0.140. The number of benzene rings is 1. The third-order valence-corrected chi connectivity index (χ3v) is 6.69. The molecule has 3 unspecified atom stereocenters. The molecule has 8 heteroatoms. The third-order valence-electron chi connectivity index (χ3n) is 5.75. The molecular weight excluding hydrogens is 414 g/mol. The number of thiazole rings is 1. The van der Waals surface area contributed by atoms with Crippen molar-refractivity contribution in [2.45, 2.75) is 46.1 Å². The number of hydrogen-bond donors (Lipinski definition) is 1. The maximum atomic E-state index is 13.2. The SMILES string of the molecule is CCOc1ccc2nc(NC(=O)C(CC(C)C)N3C(=O)C4CC=CCC4C3=O)sc2c1. The van der Waals surface area contributed by atoms with Crippen molar-refractivity contribution in [1.29, 1.82) is 0 Å².